The number of hydrogen-bond acceptors (Lipinski definition) is 2. The third-order valence-corrected chi connectivity index (χ3v) is 2.19. The van der Waals surface area contributed by atoms with Crippen LogP contribution in [0.15, 0.2) is 18.2 Å². The third kappa shape index (κ3) is 2.74. The van der Waals surface area contributed by atoms with Crippen LogP contribution in [0.1, 0.15) is 18.1 Å². The molecule has 13 heavy (non-hydrogen) atoms. The minimum Gasteiger partial charge on any atom is -0.394 e. The number of nitrogens with one attached hydrogen (secondary N) is 1. The van der Waals surface area contributed by atoms with Crippen molar-refractivity contribution >= 4 is 5.69 Å². The number of aryl methyl sites for hydroxylation is 2. The topological polar surface area (TPSA) is 32.3 Å². The highest BCUT2D eigenvalue weighted by atomic mass is 16.3. The smallest absolute Gasteiger partial charge is 0.0630 e. The second-order valence-electron chi connectivity index (χ2n) is 3.53. The average molecular weight is 179 g/mol. The van der Waals surface area contributed by atoms with Crippen LogP contribution in [-0.4, -0.2) is 17.8 Å². The van der Waals surface area contributed by atoms with Crippen molar-refractivity contribution in [3.8, 4) is 0 Å². The van der Waals surface area contributed by atoms with Crippen LogP contribution in [0, 0.1) is 13.8 Å². The van der Waals surface area contributed by atoms with Gasteiger partial charge in [-0.2, -0.15) is 0 Å². The average Bonchev–Trinajstić information content (AvgIpc) is 2.11. The zero-order chi connectivity index (χ0) is 9.84. The lowest BCUT2D eigenvalue weighted by Crippen LogP contribution is -2.19. The van der Waals surface area contributed by atoms with Crippen molar-refractivity contribution < 1.29 is 5.11 Å². The highest BCUT2D eigenvalue weighted by molar-refractivity contribution is 5.48. The number of rotatable bonds is 3. The normalized spacial score (nSPS) is 12.6. The summed E-state index contributed by atoms with van der Waals surface area (Å²) in [7, 11) is 0. The first kappa shape index (κ1) is 10.1. The maximum atomic E-state index is 8.86. The predicted molar refractivity (Wildman–Crippen MR) is 56.1 cm³/mol. The van der Waals surface area contributed by atoms with Gasteiger partial charge in [0.05, 0.1) is 6.61 Å². The predicted octanol–water partition coefficient (Wildman–Crippen LogP) is 2.10. The Labute approximate surface area is 79.6 Å². The lowest BCUT2D eigenvalue weighted by Gasteiger charge is -2.13. The maximum absolute atomic E-state index is 8.86. The van der Waals surface area contributed by atoms with E-state index in [0.29, 0.717) is 0 Å². The van der Waals surface area contributed by atoms with E-state index in [0.717, 1.165) is 5.69 Å². The second kappa shape index (κ2) is 4.28. The summed E-state index contributed by atoms with van der Waals surface area (Å²) in [5, 5.41) is 12.1. The maximum Gasteiger partial charge on any atom is 0.0630 e. The molecule has 0 amide bonds. The molecule has 0 fully saturated rings. The van der Waals surface area contributed by atoms with E-state index in [4.69, 9.17) is 5.11 Å². The Bertz CT molecular complexity index is 283. The second-order valence-corrected chi connectivity index (χ2v) is 3.53. The van der Waals surface area contributed by atoms with Gasteiger partial charge in [0.2, 0.25) is 0 Å². The SMILES string of the molecule is Cc1ccc(NC(C)CO)cc1C. The van der Waals surface area contributed by atoms with Gasteiger partial charge in [-0.05, 0) is 44.0 Å². The van der Waals surface area contributed by atoms with Crippen molar-refractivity contribution in [3.05, 3.63) is 29.3 Å². The molecule has 2 heteroatoms. The van der Waals surface area contributed by atoms with Crippen molar-refractivity contribution in [2.24, 2.45) is 0 Å². The van der Waals surface area contributed by atoms with Crippen LogP contribution >= 0.6 is 0 Å². The summed E-state index contributed by atoms with van der Waals surface area (Å²) in [6, 6.07) is 6.33. The standard InChI is InChI=1S/C11H17NO/c1-8-4-5-11(6-9(8)2)12-10(3)7-13/h4-6,10,12-13H,7H2,1-3H3. The molecular weight excluding hydrogens is 162 g/mol. The van der Waals surface area contributed by atoms with Crippen molar-refractivity contribution in [1.82, 2.24) is 0 Å². The summed E-state index contributed by atoms with van der Waals surface area (Å²) < 4.78 is 0. The van der Waals surface area contributed by atoms with Gasteiger partial charge in [-0.3, -0.25) is 0 Å². The fourth-order valence-corrected chi connectivity index (χ4v) is 1.16. The molecule has 0 bridgehead atoms. The van der Waals surface area contributed by atoms with E-state index >= 15 is 0 Å². The number of benzene rings is 1. The van der Waals surface area contributed by atoms with Gasteiger partial charge in [-0.25, -0.2) is 0 Å². The summed E-state index contributed by atoms with van der Waals surface area (Å²) >= 11 is 0. The molecule has 0 aliphatic rings. The molecule has 1 rings (SSSR count). The van der Waals surface area contributed by atoms with E-state index < -0.39 is 0 Å². The van der Waals surface area contributed by atoms with Gasteiger partial charge in [0.15, 0.2) is 0 Å². The molecule has 2 N–H and O–H groups in total. The van der Waals surface area contributed by atoms with E-state index in [2.05, 4.69) is 31.3 Å². The van der Waals surface area contributed by atoms with Crippen molar-refractivity contribution in [2.75, 3.05) is 11.9 Å². The van der Waals surface area contributed by atoms with Gasteiger partial charge in [-0.15, -0.1) is 0 Å². The number of anilines is 1. The minimum absolute atomic E-state index is 0.113. The fraction of sp³-hybridized carbons (Fsp3) is 0.455. The van der Waals surface area contributed by atoms with Crippen LogP contribution in [0.5, 0.6) is 0 Å². The van der Waals surface area contributed by atoms with E-state index in [1.807, 2.05) is 13.0 Å². The lowest BCUT2D eigenvalue weighted by atomic mass is 10.1. The van der Waals surface area contributed by atoms with Crippen molar-refractivity contribution in [3.63, 3.8) is 0 Å². The quantitative estimate of drug-likeness (QED) is 0.744. The Balaban J connectivity index is 2.73. The molecule has 1 aromatic rings. The van der Waals surface area contributed by atoms with Gasteiger partial charge < -0.3 is 10.4 Å². The lowest BCUT2D eigenvalue weighted by molar-refractivity contribution is 0.281. The monoisotopic (exact) mass is 179 g/mol. The summed E-state index contributed by atoms with van der Waals surface area (Å²) in [5.74, 6) is 0. The van der Waals surface area contributed by atoms with Crippen LogP contribution in [-0.2, 0) is 0 Å². The molecule has 72 valence electrons. The molecule has 1 atom stereocenters. The van der Waals surface area contributed by atoms with E-state index in [1.54, 1.807) is 0 Å². The number of aliphatic hydroxyl groups is 1. The van der Waals surface area contributed by atoms with Crippen LogP contribution < -0.4 is 5.32 Å². The Morgan fingerprint density at radius 1 is 1.31 bits per heavy atom. The van der Waals surface area contributed by atoms with Crippen LogP contribution in [0.4, 0.5) is 5.69 Å². The molecule has 0 aromatic heterocycles. The van der Waals surface area contributed by atoms with Crippen molar-refractivity contribution in [2.45, 2.75) is 26.8 Å². The molecule has 0 spiro atoms. The van der Waals surface area contributed by atoms with Crippen LogP contribution in [0.2, 0.25) is 0 Å². The Morgan fingerprint density at radius 3 is 2.54 bits per heavy atom. The molecule has 1 unspecified atom stereocenters. The van der Waals surface area contributed by atoms with Crippen LogP contribution in [0.3, 0.4) is 0 Å². The van der Waals surface area contributed by atoms with Gasteiger partial charge in [-0.1, -0.05) is 6.07 Å². The summed E-state index contributed by atoms with van der Waals surface area (Å²) in [6.07, 6.45) is 0. The molecule has 0 saturated carbocycles. The largest absolute Gasteiger partial charge is 0.394 e. The summed E-state index contributed by atoms with van der Waals surface area (Å²) in [6.45, 7) is 6.29. The molecule has 0 saturated heterocycles. The molecule has 0 aliphatic carbocycles. The van der Waals surface area contributed by atoms with Crippen LogP contribution in [0.25, 0.3) is 0 Å². The molecule has 0 heterocycles. The molecule has 0 aliphatic heterocycles. The van der Waals surface area contributed by atoms with Gasteiger partial charge >= 0.3 is 0 Å². The Kier molecular flexibility index (Phi) is 3.32. The summed E-state index contributed by atoms with van der Waals surface area (Å²) in [4.78, 5) is 0. The van der Waals surface area contributed by atoms with Gasteiger partial charge in [0, 0.05) is 11.7 Å². The first-order valence-corrected chi connectivity index (χ1v) is 4.58. The van der Waals surface area contributed by atoms with E-state index in [1.165, 1.54) is 11.1 Å². The number of aliphatic hydroxyl groups excluding tert-OH is 1. The molecule has 2 nitrogen and oxygen atoms in total. The van der Waals surface area contributed by atoms with Gasteiger partial charge in [0.25, 0.3) is 0 Å². The number of hydrogen-bond donors (Lipinski definition) is 2. The fourth-order valence-electron chi connectivity index (χ4n) is 1.16. The first-order valence-electron chi connectivity index (χ1n) is 4.58. The zero-order valence-electron chi connectivity index (χ0n) is 8.46. The molecule has 1 aromatic carbocycles. The third-order valence-electron chi connectivity index (χ3n) is 2.19. The minimum atomic E-state index is 0.113. The van der Waals surface area contributed by atoms with Crippen molar-refractivity contribution in [1.29, 1.82) is 0 Å². The highest BCUT2D eigenvalue weighted by Gasteiger charge is 2.00. The highest BCUT2D eigenvalue weighted by Crippen LogP contribution is 2.14. The Hall–Kier alpha value is -1.02. The Morgan fingerprint density at radius 2 is 2.00 bits per heavy atom. The van der Waals surface area contributed by atoms with E-state index in [-0.39, 0.29) is 12.6 Å². The van der Waals surface area contributed by atoms with Gasteiger partial charge in [0.1, 0.15) is 0 Å². The summed E-state index contributed by atoms with van der Waals surface area (Å²) in [5.41, 5.74) is 3.64. The molecule has 0 radical (unpaired) electrons. The molecular formula is C11H17NO. The first-order chi connectivity index (χ1) is 6.13. The van der Waals surface area contributed by atoms with E-state index in [9.17, 15) is 0 Å². The zero-order valence-corrected chi connectivity index (χ0v) is 8.46.